The van der Waals surface area contributed by atoms with Crippen molar-refractivity contribution in [2.75, 3.05) is 0 Å². The average molecular weight is 639 g/mol. The smallest absolute Gasteiger partial charge is 0.136 e. The summed E-state index contributed by atoms with van der Waals surface area (Å²) in [5, 5.41) is 4.67. The van der Waals surface area contributed by atoms with Gasteiger partial charge in [-0.15, -0.1) is 0 Å². The van der Waals surface area contributed by atoms with Crippen LogP contribution < -0.4 is 0 Å². The van der Waals surface area contributed by atoms with Gasteiger partial charge < -0.3 is 8.98 Å². The highest BCUT2D eigenvalue weighted by Gasteiger charge is 2.19. The zero-order valence-electron chi connectivity index (χ0n) is 27.1. The molecule has 0 unspecified atom stereocenters. The van der Waals surface area contributed by atoms with Gasteiger partial charge in [0.15, 0.2) is 0 Å². The Morgan fingerprint density at radius 3 is 1.58 bits per heavy atom. The SMILES string of the molecule is c1ccc(-c2ccc3c4ccc(-c5cccc6oc7ccccc7c56)cc4n(-c4cc(-c5ccccc5)nc(-c5ccccc5)c4)c3c2)cc1. The number of hydrogen-bond acceptors (Lipinski definition) is 2. The molecule has 0 amide bonds. The Balaban J connectivity index is 1.29. The van der Waals surface area contributed by atoms with Crippen LogP contribution in [-0.4, -0.2) is 9.55 Å². The molecule has 50 heavy (non-hydrogen) atoms. The van der Waals surface area contributed by atoms with E-state index in [1.165, 1.54) is 21.9 Å². The molecule has 3 heterocycles. The molecule has 0 N–H and O–H groups in total. The highest BCUT2D eigenvalue weighted by molar-refractivity contribution is 6.15. The van der Waals surface area contributed by atoms with Gasteiger partial charge in [-0.05, 0) is 58.7 Å². The van der Waals surface area contributed by atoms with Crippen LogP contribution in [0.15, 0.2) is 186 Å². The molecular formula is C47H30N2O. The summed E-state index contributed by atoms with van der Waals surface area (Å²) in [5.74, 6) is 0. The molecule has 0 radical (unpaired) electrons. The van der Waals surface area contributed by atoms with Gasteiger partial charge in [0, 0.05) is 32.7 Å². The zero-order valence-corrected chi connectivity index (χ0v) is 27.1. The van der Waals surface area contributed by atoms with Crippen molar-refractivity contribution in [2.24, 2.45) is 0 Å². The highest BCUT2D eigenvalue weighted by atomic mass is 16.3. The molecule has 10 aromatic rings. The Hall–Kier alpha value is -6.71. The van der Waals surface area contributed by atoms with Crippen LogP contribution in [0.3, 0.4) is 0 Å². The first kappa shape index (κ1) is 28.3. The number of benzene rings is 7. The molecule has 0 spiro atoms. The minimum absolute atomic E-state index is 0.894. The molecule has 0 saturated heterocycles. The van der Waals surface area contributed by atoms with Crippen LogP contribution >= 0.6 is 0 Å². The molecule has 0 aliphatic rings. The number of rotatable bonds is 5. The Morgan fingerprint density at radius 1 is 0.380 bits per heavy atom. The molecule has 3 heteroatoms. The van der Waals surface area contributed by atoms with Crippen molar-refractivity contribution in [1.82, 2.24) is 9.55 Å². The summed E-state index contributed by atoms with van der Waals surface area (Å²) in [6, 6.07) is 64.4. The molecule has 0 atom stereocenters. The maximum absolute atomic E-state index is 6.30. The van der Waals surface area contributed by atoms with Gasteiger partial charge in [-0.3, -0.25) is 0 Å². The summed E-state index contributed by atoms with van der Waals surface area (Å²) in [7, 11) is 0. The van der Waals surface area contributed by atoms with Gasteiger partial charge in [0.2, 0.25) is 0 Å². The maximum Gasteiger partial charge on any atom is 0.136 e. The quantitative estimate of drug-likeness (QED) is 0.188. The Morgan fingerprint density at radius 2 is 0.920 bits per heavy atom. The first-order valence-corrected chi connectivity index (χ1v) is 17.0. The van der Waals surface area contributed by atoms with E-state index in [4.69, 9.17) is 9.40 Å². The van der Waals surface area contributed by atoms with E-state index in [0.29, 0.717) is 0 Å². The van der Waals surface area contributed by atoms with Gasteiger partial charge in [0.05, 0.1) is 28.1 Å². The van der Waals surface area contributed by atoms with Crippen molar-refractivity contribution in [3.05, 3.63) is 182 Å². The fourth-order valence-corrected chi connectivity index (χ4v) is 7.45. The standard InChI is InChI=1S/C47H30N2O/c1-4-13-31(14-5-1)34-23-25-38-39-26-24-35(37-20-12-22-46-47(37)40-19-10-11-21-45(40)50-46)28-44(39)49(43(38)27-34)36-29-41(32-15-6-2-7-16-32)48-42(30-36)33-17-8-3-9-18-33/h1-30H. The second-order valence-corrected chi connectivity index (χ2v) is 12.8. The first-order valence-electron chi connectivity index (χ1n) is 17.0. The molecule has 0 bridgehead atoms. The number of para-hydroxylation sites is 1. The van der Waals surface area contributed by atoms with E-state index in [-0.39, 0.29) is 0 Å². The van der Waals surface area contributed by atoms with E-state index in [1.807, 2.05) is 12.1 Å². The molecule has 3 nitrogen and oxygen atoms in total. The number of hydrogen-bond donors (Lipinski definition) is 0. The lowest BCUT2D eigenvalue weighted by molar-refractivity contribution is 0.669. The summed E-state index contributed by atoms with van der Waals surface area (Å²) in [6.45, 7) is 0. The van der Waals surface area contributed by atoms with Crippen molar-refractivity contribution < 1.29 is 4.42 Å². The molecule has 0 saturated carbocycles. The molecule has 234 valence electrons. The summed E-state index contributed by atoms with van der Waals surface area (Å²) < 4.78 is 8.72. The number of nitrogens with zero attached hydrogens (tertiary/aromatic N) is 2. The van der Waals surface area contributed by atoms with E-state index in [1.54, 1.807) is 0 Å². The maximum atomic E-state index is 6.30. The van der Waals surface area contributed by atoms with Gasteiger partial charge >= 0.3 is 0 Å². The molecule has 7 aromatic carbocycles. The summed E-state index contributed by atoms with van der Waals surface area (Å²) in [5.41, 5.74) is 13.8. The van der Waals surface area contributed by atoms with Crippen molar-refractivity contribution >= 4 is 43.7 Å². The summed E-state index contributed by atoms with van der Waals surface area (Å²) in [4.78, 5) is 5.21. The highest BCUT2D eigenvalue weighted by Crippen LogP contribution is 2.41. The number of aromatic nitrogens is 2. The van der Waals surface area contributed by atoms with E-state index in [9.17, 15) is 0 Å². The topological polar surface area (TPSA) is 31.0 Å². The van der Waals surface area contributed by atoms with Crippen LogP contribution in [-0.2, 0) is 0 Å². The molecule has 10 rings (SSSR count). The van der Waals surface area contributed by atoms with Crippen molar-refractivity contribution in [1.29, 1.82) is 0 Å². The predicted octanol–water partition coefficient (Wildman–Crippen LogP) is 12.7. The molecular weight excluding hydrogens is 609 g/mol. The largest absolute Gasteiger partial charge is 0.456 e. The van der Waals surface area contributed by atoms with Crippen LogP contribution in [0.5, 0.6) is 0 Å². The van der Waals surface area contributed by atoms with E-state index in [2.05, 4.69) is 174 Å². The van der Waals surface area contributed by atoms with Crippen LogP contribution in [0, 0.1) is 0 Å². The number of fused-ring (bicyclic) bond motifs is 6. The van der Waals surface area contributed by atoms with Crippen LogP contribution in [0.1, 0.15) is 0 Å². The van der Waals surface area contributed by atoms with Crippen molar-refractivity contribution in [3.63, 3.8) is 0 Å². The minimum atomic E-state index is 0.894. The Kier molecular flexibility index (Phi) is 6.49. The van der Waals surface area contributed by atoms with E-state index >= 15 is 0 Å². The lowest BCUT2D eigenvalue weighted by Crippen LogP contribution is -1.98. The molecule has 0 fully saturated rings. The zero-order chi connectivity index (χ0) is 33.0. The third-order valence-electron chi connectivity index (χ3n) is 9.80. The molecule has 3 aromatic heterocycles. The van der Waals surface area contributed by atoms with E-state index < -0.39 is 0 Å². The van der Waals surface area contributed by atoms with Gasteiger partial charge in [0.25, 0.3) is 0 Å². The third kappa shape index (κ3) is 4.63. The van der Waals surface area contributed by atoms with E-state index in [0.717, 1.165) is 72.3 Å². The van der Waals surface area contributed by atoms with Gasteiger partial charge in [-0.2, -0.15) is 0 Å². The second kappa shape index (κ2) is 11.5. The Bertz CT molecular complexity index is 2790. The Labute approximate surface area is 289 Å². The number of furan rings is 1. The molecule has 0 aliphatic carbocycles. The average Bonchev–Trinajstić information content (AvgIpc) is 3.74. The molecule has 0 aliphatic heterocycles. The predicted molar refractivity (Wildman–Crippen MR) is 208 cm³/mol. The fourth-order valence-electron chi connectivity index (χ4n) is 7.45. The fraction of sp³-hybridized carbons (Fsp3) is 0. The van der Waals surface area contributed by atoms with Crippen LogP contribution in [0.2, 0.25) is 0 Å². The number of pyridine rings is 1. The van der Waals surface area contributed by atoms with Gasteiger partial charge in [0.1, 0.15) is 11.2 Å². The summed E-state index contributed by atoms with van der Waals surface area (Å²) in [6.07, 6.45) is 0. The lowest BCUT2D eigenvalue weighted by atomic mass is 9.98. The lowest BCUT2D eigenvalue weighted by Gasteiger charge is -2.14. The van der Waals surface area contributed by atoms with Crippen molar-refractivity contribution in [3.8, 4) is 50.5 Å². The van der Waals surface area contributed by atoms with Gasteiger partial charge in [-0.1, -0.05) is 146 Å². The van der Waals surface area contributed by atoms with Gasteiger partial charge in [-0.25, -0.2) is 4.98 Å². The first-order chi connectivity index (χ1) is 24.8. The monoisotopic (exact) mass is 638 g/mol. The normalized spacial score (nSPS) is 11.6. The summed E-state index contributed by atoms with van der Waals surface area (Å²) >= 11 is 0. The van der Waals surface area contributed by atoms with Crippen molar-refractivity contribution in [2.45, 2.75) is 0 Å². The second-order valence-electron chi connectivity index (χ2n) is 12.8. The van der Waals surface area contributed by atoms with Crippen LogP contribution in [0.25, 0.3) is 94.2 Å². The minimum Gasteiger partial charge on any atom is -0.456 e. The van der Waals surface area contributed by atoms with Crippen LogP contribution in [0.4, 0.5) is 0 Å². The third-order valence-corrected chi connectivity index (χ3v) is 9.80.